The van der Waals surface area contributed by atoms with Gasteiger partial charge in [-0.15, -0.1) is 0 Å². The number of benzene rings is 3. The molecule has 0 bridgehead atoms. The molecule has 7 rings (SSSR count). The number of aliphatic hydroxyl groups is 2. The van der Waals surface area contributed by atoms with Gasteiger partial charge in [0.25, 0.3) is 5.91 Å². The number of fused-ring (bicyclic) bond motifs is 1. The highest BCUT2D eigenvalue weighted by molar-refractivity contribution is 6.15. The maximum atomic E-state index is 14.0. The average Bonchev–Trinajstić information content (AvgIpc) is 3.54. The van der Waals surface area contributed by atoms with E-state index in [0.29, 0.717) is 29.7 Å². The number of piperidine rings is 1. The zero-order chi connectivity index (χ0) is 40.1. The second-order valence-electron chi connectivity index (χ2n) is 14.8. The molecule has 4 N–H and O–H groups in total. The molecule has 0 spiro atoms. The molecule has 13 heteroatoms. The molecule has 0 radical (unpaired) electrons. The summed E-state index contributed by atoms with van der Waals surface area (Å²) in [7, 11) is 0. The van der Waals surface area contributed by atoms with Gasteiger partial charge in [-0.1, -0.05) is 66.7 Å². The highest BCUT2D eigenvalue weighted by Crippen LogP contribution is 2.35. The number of rotatable bonds is 12. The molecular weight excluding hydrogens is 727 g/mol. The summed E-state index contributed by atoms with van der Waals surface area (Å²) in [5, 5.41) is 26.9. The highest BCUT2D eigenvalue weighted by atomic mass is 16.3. The molecule has 4 aliphatic rings. The van der Waals surface area contributed by atoms with Gasteiger partial charge in [0.2, 0.25) is 17.7 Å². The van der Waals surface area contributed by atoms with Crippen LogP contribution in [0.15, 0.2) is 112 Å². The minimum absolute atomic E-state index is 0.0181. The summed E-state index contributed by atoms with van der Waals surface area (Å²) in [5.74, 6) is -2.80. The van der Waals surface area contributed by atoms with Gasteiger partial charge in [-0.2, -0.15) is 0 Å². The standard InChI is InChI=1S/C44H43N5O8/c50-37-19-28(26-9-3-1-4-10-26)20-38(51)31(37)23-45-18-8-15-35(46-24-32-39(52)21-29(22-40(32)53)27-11-5-2-6-12-27)42(55)47-34-14-7-13-30-33(34)25-49(44(30)57)36-16-17-41(54)48-43(36)56/h1-7,9-14,23-24,28-29,35-36,50,52H,8,15-22,25H2,(H,47,55)(H,48,54,56)/t28?,29?,35-,36?/m0/s1. The Bertz CT molecular complexity index is 2230. The number of nitrogens with zero attached hydrogens (tertiary/aromatic N) is 3. The SMILES string of the molecule is O=C1CCC(N2Cc3c(NC(=O)[C@H](CCCN=CC4=C(O)CC(c5ccccc5)CC4=O)N=CC4=C(O)CC(c5ccccc5)CC4=O)cccc3C2=O)C(=O)N1. The fourth-order valence-corrected chi connectivity index (χ4v) is 7.92. The molecular formula is C44H43N5O8. The van der Waals surface area contributed by atoms with Gasteiger partial charge < -0.3 is 20.4 Å². The minimum atomic E-state index is -1.05. The molecule has 13 nitrogen and oxygen atoms in total. The van der Waals surface area contributed by atoms with Crippen molar-refractivity contribution in [2.75, 3.05) is 11.9 Å². The van der Waals surface area contributed by atoms with E-state index in [9.17, 15) is 39.0 Å². The van der Waals surface area contributed by atoms with Crippen LogP contribution in [0, 0.1) is 0 Å². The maximum absolute atomic E-state index is 14.0. The van der Waals surface area contributed by atoms with Gasteiger partial charge in [-0.05, 0) is 54.4 Å². The molecule has 2 heterocycles. The summed E-state index contributed by atoms with van der Waals surface area (Å²) in [6, 6.07) is 22.0. The van der Waals surface area contributed by atoms with Crippen LogP contribution < -0.4 is 10.6 Å². The van der Waals surface area contributed by atoms with E-state index >= 15 is 0 Å². The first-order chi connectivity index (χ1) is 27.6. The Balaban J connectivity index is 1.06. The van der Waals surface area contributed by atoms with Crippen molar-refractivity contribution in [3.05, 3.63) is 124 Å². The third-order valence-corrected chi connectivity index (χ3v) is 11.0. The van der Waals surface area contributed by atoms with Crippen LogP contribution in [0.3, 0.4) is 0 Å². The first-order valence-electron chi connectivity index (χ1n) is 19.2. The number of amides is 4. The lowest BCUT2D eigenvalue weighted by molar-refractivity contribution is -0.137. The Morgan fingerprint density at radius 2 is 1.42 bits per heavy atom. The minimum Gasteiger partial charge on any atom is -0.511 e. The van der Waals surface area contributed by atoms with Crippen molar-refractivity contribution in [1.82, 2.24) is 10.2 Å². The molecule has 0 saturated carbocycles. The average molecular weight is 770 g/mol. The summed E-state index contributed by atoms with van der Waals surface area (Å²) in [6.07, 6.45) is 4.41. The van der Waals surface area contributed by atoms with Crippen molar-refractivity contribution >= 4 is 53.3 Å². The molecule has 1 saturated heterocycles. The number of hydrogen-bond acceptors (Lipinski definition) is 10. The number of allylic oxidation sites excluding steroid dienone is 4. The summed E-state index contributed by atoms with van der Waals surface area (Å²) in [6.45, 7) is 0.248. The molecule has 4 atom stereocenters. The molecule has 292 valence electrons. The van der Waals surface area contributed by atoms with Crippen LogP contribution in [0.25, 0.3) is 0 Å². The van der Waals surface area contributed by atoms with Gasteiger partial charge in [0.1, 0.15) is 23.6 Å². The Hall–Kier alpha value is -6.50. The zero-order valence-electron chi connectivity index (χ0n) is 31.2. The summed E-state index contributed by atoms with van der Waals surface area (Å²) >= 11 is 0. The fraction of sp³-hybridized carbons (Fsp3) is 0.318. The lowest BCUT2D eigenvalue weighted by Crippen LogP contribution is -2.52. The molecule has 3 unspecified atom stereocenters. The predicted octanol–water partition coefficient (Wildman–Crippen LogP) is 5.59. The first-order valence-corrected chi connectivity index (χ1v) is 19.2. The number of carbonyl (C=O) groups is 6. The van der Waals surface area contributed by atoms with Crippen molar-refractivity contribution in [3.63, 3.8) is 0 Å². The zero-order valence-corrected chi connectivity index (χ0v) is 31.2. The van der Waals surface area contributed by atoms with Crippen LogP contribution in [-0.4, -0.2) is 81.4 Å². The first kappa shape index (κ1) is 38.8. The van der Waals surface area contributed by atoms with Crippen molar-refractivity contribution in [2.45, 2.75) is 81.8 Å². The van der Waals surface area contributed by atoms with Gasteiger partial charge in [0.15, 0.2) is 11.6 Å². The van der Waals surface area contributed by atoms with Gasteiger partial charge in [-0.25, -0.2) is 0 Å². The smallest absolute Gasteiger partial charge is 0.255 e. The van der Waals surface area contributed by atoms with Gasteiger partial charge in [-0.3, -0.25) is 44.1 Å². The van der Waals surface area contributed by atoms with E-state index in [4.69, 9.17) is 0 Å². The fourth-order valence-electron chi connectivity index (χ4n) is 7.92. The highest BCUT2D eigenvalue weighted by Gasteiger charge is 2.40. The van der Waals surface area contributed by atoms with E-state index < -0.39 is 29.8 Å². The third kappa shape index (κ3) is 8.67. The normalized spacial score (nSPS) is 22.1. The van der Waals surface area contributed by atoms with Crippen molar-refractivity contribution < 1.29 is 39.0 Å². The lowest BCUT2D eigenvalue weighted by Gasteiger charge is -2.29. The molecule has 1 fully saturated rings. The Kier molecular flexibility index (Phi) is 11.6. The van der Waals surface area contributed by atoms with E-state index in [1.807, 2.05) is 60.7 Å². The number of hydrogen-bond donors (Lipinski definition) is 4. The number of ketones is 2. The van der Waals surface area contributed by atoms with Crippen LogP contribution in [0.5, 0.6) is 0 Å². The quantitative estimate of drug-likeness (QED) is 0.104. The Morgan fingerprint density at radius 1 is 0.807 bits per heavy atom. The van der Waals surface area contributed by atoms with Crippen molar-refractivity contribution in [2.24, 2.45) is 9.98 Å². The number of Topliss-reactive ketones (excluding diaryl/α,β-unsaturated/α-hetero) is 2. The van der Waals surface area contributed by atoms with Crippen LogP contribution in [0.4, 0.5) is 5.69 Å². The predicted molar refractivity (Wildman–Crippen MR) is 212 cm³/mol. The van der Waals surface area contributed by atoms with Gasteiger partial charge >= 0.3 is 0 Å². The van der Waals surface area contributed by atoms with Crippen molar-refractivity contribution in [3.8, 4) is 0 Å². The van der Waals surface area contributed by atoms with E-state index in [1.54, 1.807) is 18.2 Å². The van der Waals surface area contributed by atoms with Gasteiger partial charge in [0.05, 0.1) is 11.1 Å². The molecule has 3 aromatic rings. The summed E-state index contributed by atoms with van der Waals surface area (Å²) < 4.78 is 0. The molecule has 3 aromatic carbocycles. The Morgan fingerprint density at radius 3 is 2.02 bits per heavy atom. The molecule has 57 heavy (non-hydrogen) atoms. The van der Waals surface area contributed by atoms with Crippen LogP contribution in [0.2, 0.25) is 0 Å². The van der Waals surface area contributed by atoms with E-state index in [0.717, 1.165) is 11.1 Å². The number of aliphatic imine (C=N–C) groups is 2. The monoisotopic (exact) mass is 769 g/mol. The number of aliphatic hydroxyl groups excluding tert-OH is 2. The summed E-state index contributed by atoms with van der Waals surface area (Å²) in [5.41, 5.74) is 3.32. The molecule has 0 aromatic heterocycles. The molecule has 4 amide bonds. The lowest BCUT2D eigenvalue weighted by atomic mass is 9.83. The van der Waals surface area contributed by atoms with Crippen LogP contribution in [0.1, 0.15) is 90.3 Å². The van der Waals surface area contributed by atoms with Crippen LogP contribution >= 0.6 is 0 Å². The second kappa shape index (κ2) is 17.1. The number of nitrogens with one attached hydrogen (secondary N) is 2. The number of carbonyl (C=O) groups excluding carboxylic acids is 6. The number of imide groups is 1. The van der Waals surface area contributed by atoms with Gasteiger partial charge in [0, 0.05) is 74.4 Å². The third-order valence-electron chi connectivity index (χ3n) is 11.0. The van der Waals surface area contributed by atoms with E-state index in [-0.39, 0.29) is 104 Å². The summed E-state index contributed by atoms with van der Waals surface area (Å²) in [4.78, 5) is 88.2. The molecule has 2 aliphatic heterocycles. The van der Waals surface area contributed by atoms with Crippen LogP contribution in [-0.2, 0) is 30.5 Å². The topological polar surface area (TPSA) is 195 Å². The largest absolute Gasteiger partial charge is 0.511 e. The maximum Gasteiger partial charge on any atom is 0.255 e. The van der Waals surface area contributed by atoms with E-state index in [2.05, 4.69) is 20.6 Å². The molecule has 2 aliphatic carbocycles. The number of anilines is 1. The Labute approximate surface area is 329 Å². The second-order valence-corrected chi connectivity index (χ2v) is 14.8. The van der Waals surface area contributed by atoms with E-state index in [1.165, 1.54) is 17.3 Å². The van der Waals surface area contributed by atoms with Crippen molar-refractivity contribution in [1.29, 1.82) is 0 Å².